The Morgan fingerprint density at radius 2 is 1.92 bits per heavy atom. The third kappa shape index (κ3) is 1.88. The van der Waals surface area contributed by atoms with Gasteiger partial charge in [-0.2, -0.15) is 0 Å². The van der Waals surface area contributed by atoms with Crippen LogP contribution in [0.15, 0.2) is 18.2 Å². The van der Waals surface area contributed by atoms with Crippen molar-refractivity contribution in [2.75, 3.05) is 0 Å². The molecular weight excluding hydrogens is 144 g/mol. The van der Waals surface area contributed by atoms with E-state index in [2.05, 4.69) is 45.9 Å². The van der Waals surface area contributed by atoms with Crippen LogP contribution in [0.1, 0.15) is 43.4 Å². The van der Waals surface area contributed by atoms with Crippen LogP contribution in [0.25, 0.3) is 0 Å². The second-order valence-corrected chi connectivity index (χ2v) is 3.70. The van der Waals surface area contributed by atoms with Crippen molar-refractivity contribution < 1.29 is 0 Å². The van der Waals surface area contributed by atoms with Crippen molar-refractivity contribution in [3.05, 3.63) is 34.9 Å². The van der Waals surface area contributed by atoms with Gasteiger partial charge in [-0.3, -0.25) is 0 Å². The molecule has 12 heavy (non-hydrogen) atoms. The first kappa shape index (κ1) is 9.31. The Labute approximate surface area is 75.6 Å². The van der Waals surface area contributed by atoms with Gasteiger partial charge in [-0.05, 0) is 36.0 Å². The first-order chi connectivity index (χ1) is 5.65. The van der Waals surface area contributed by atoms with Gasteiger partial charge < -0.3 is 0 Å². The zero-order valence-corrected chi connectivity index (χ0v) is 8.52. The number of hydrogen-bond donors (Lipinski definition) is 0. The quantitative estimate of drug-likeness (QED) is 0.622. The summed E-state index contributed by atoms with van der Waals surface area (Å²) in [5.74, 6) is 0.649. The summed E-state index contributed by atoms with van der Waals surface area (Å²) in [7, 11) is 0. The lowest BCUT2D eigenvalue weighted by Crippen LogP contribution is -1.93. The third-order valence-electron chi connectivity index (χ3n) is 2.36. The van der Waals surface area contributed by atoms with Crippen LogP contribution >= 0.6 is 0 Å². The predicted octanol–water partition coefficient (Wildman–Crippen LogP) is 3.68. The van der Waals surface area contributed by atoms with Crippen molar-refractivity contribution in [2.45, 2.75) is 40.0 Å². The monoisotopic (exact) mass is 162 g/mol. The summed E-state index contributed by atoms with van der Waals surface area (Å²) in [6.45, 7) is 8.89. The van der Waals surface area contributed by atoms with E-state index in [-0.39, 0.29) is 0 Å². The molecule has 0 N–H and O–H groups in total. The fourth-order valence-corrected chi connectivity index (χ4v) is 1.61. The normalized spacial score (nSPS) is 10.8. The Balaban J connectivity index is 3.03. The SMILES string of the molecule is CCc1ccc(C(C)C)c(C)c1. The molecule has 0 fully saturated rings. The van der Waals surface area contributed by atoms with Gasteiger partial charge in [0.15, 0.2) is 0 Å². The van der Waals surface area contributed by atoms with Crippen LogP contribution in [-0.2, 0) is 6.42 Å². The standard InChI is InChI=1S/C12H18/c1-5-11-6-7-12(9(2)3)10(4)8-11/h6-9H,5H2,1-4H3. The largest absolute Gasteiger partial charge is 0.0613 e. The van der Waals surface area contributed by atoms with Crippen molar-refractivity contribution in [2.24, 2.45) is 0 Å². The molecule has 0 spiro atoms. The molecule has 0 unspecified atom stereocenters. The molecule has 0 aliphatic rings. The average molecular weight is 162 g/mol. The lowest BCUT2D eigenvalue weighted by molar-refractivity contribution is 0.854. The minimum Gasteiger partial charge on any atom is -0.0613 e. The summed E-state index contributed by atoms with van der Waals surface area (Å²) in [4.78, 5) is 0. The van der Waals surface area contributed by atoms with E-state index >= 15 is 0 Å². The molecule has 0 aromatic heterocycles. The minimum atomic E-state index is 0.649. The van der Waals surface area contributed by atoms with Crippen molar-refractivity contribution in [3.8, 4) is 0 Å². The highest BCUT2D eigenvalue weighted by molar-refractivity contribution is 5.32. The molecule has 1 rings (SSSR count). The van der Waals surface area contributed by atoms with E-state index in [0.29, 0.717) is 5.92 Å². The second-order valence-electron chi connectivity index (χ2n) is 3.70. The summed E-state index contributed by atoms with van der Waals surface area (Å²) in [6, 6.07) is 6.80. The minimum absolute atomic E-state index is 0.649. The molecule has 1 aromatic carbocycles. The predicted molar refractivity (Wildman–Crippen MR) is 54.6 cm³/mol. The molecule has 0 aliphatic carbocycles. The fraction of sp³-hybridized carbons (Fsp3) is 0.500. The highest BCUT2D eigenvalue weighted by atomic mass is 14.1. The summed E-state index contributed by atoms with van der Waals surface area (Å²) in [5, 5.41) is 0. The van der Waals surface area contributed by atoms with Gasteiger partial charge in [-0.25, -0.2) is 0 Å². The van der Waals surface area contributed by atoms with E-state index < -0.39 is 0 Å². The molecule has 0 saturated carbocycles. The van der Waals surface area contributed by atoms with Crippen LogP contribution in [0.5, 0.6) is 0 Å². The number of benzene rings is 1. The molecule has 0 heteroatoms. The van der Waals surface area contributed by atoms with Crippen molar-refractivity contribution in [3.63, 3.8) is 0 Å². The maximum atomic E-state index is 2.30. The molecule has 0 bridgehead atoms. The molecule has 66 valence electrons. The van der Waals surface area contributed by atoms with Crippen LogP contribution in [0, 0.1) is 6.92 Å². The molecular formula is C12H18. The summed E-state index contributed by atoms with van der Waals surface area (Å²) in [6.07, 6.45) is 1.14. The third-order valence-corrected chi connectivity index (χ3v) is 2.36. The Morgan fingerprint density at radius 3 is 2.33 bits per heavy atom. The van der Waals surface area contributed by atoms with Gasteiger partial charge in [0, 0.05) is 0 Å². The van der Waals surface area contributed by atoms with Crippen LogP contribution in [0.4, 0.5) is 0 Å². The molecule has 0 atom stereocenters. The molecule has 1 aromatic rings. The number of hydrogen-bond acceptors (Lipinski definition) is 0. The summed E-state index contributed by atoms with van der Waals surface area (Å²) >= 11 is 0. The van der Waals surface area contributed by atoms with Gasteiger partial charge in [0.05, 0.1) is 0 Å². The molecule has 0 saturated heterocycles. The maximum Gasteiger partial charge on any atom is -0.0216 e. The highest BCUT2D eigenvalue weighted by Gasteiger charge is 2.02. The lowest BCUT2D eigenvalue weighted by atomic mass is 9.96. The Bertz CT molecular complexity index is 259. The Hall–Kier alpha value is -0.780. The maximum absolute atomic E-state index is 2.30. The Morgan fingerprint density at radius 1 is 1.25 bits per heavy atom. The first-order valence-electron chi connectivity index (χ1n) is 4.74. The van der Waals surface area contributed by atoms with E-state index in [0.717, 1.165) is 6.42 Å². The number of rotatable bonds is 2. The van der Waals surface area contributed by atoms with E-state index in [1.165, 1.54) is 16.7 Å². The smallest absolute Gasteiger partial charge is 0.0216 e. The second kappa shape index (κ2) is 3.75. The number of aryl methyl sites for hydroxylation is 2. The van der Waals surface area contributed by atoms with Gasteiger partial charge in [0.2, 0.25) is 0 Å². The molecule has 0 radical (unpaired) electrons. The van der Waals surface area contributed by atoms with Gasteiger partial charge in [-0.15, -0.1) is 0 Å². The lowest BCUT2D eigenvalue weighted by Gasteiger charge is -2.10. The van der Waals surface area contributed by atoms with Crippen LogP contribution in [-0.4, -0.2) is 0 Å². The molecule has 0 aliphatic heterocycles. The highest BCUT2D eigenvalue weighted by Crippen LogP contribution is 2.19. The molecule has 0 heterocycles. The van der Waals surface area contributed by atoms with Gasteiger partial charge in [0.25, 0.3) is 0 Å². The zero-order valence-electron chi connectivity index (χ0n) is 8.52. The van der Waals surface area contributed by atoms with Crippen molar-refractivity contribution in [1.29, 1.82) is 0 Å². The van der Waals surface area contributed by atoms with Crippen molar-refractivity contribution in [1.82, 2.24) is 0 Å². The fourth-order valence-electron chi connectivity index (χ4n) is 1.61. The van der Waals surface area contributed by atoms with Gasteiger partial charge in [-0.1, -0.05) is 39.0 Å². The molecule has 0 amide bonds. The first-order valence-corrected chi connectivity index (χ1v) is 4.74. The molecule has 0 nitrogen and oxygen atoms in total. The van der Waals surface area contributed by atoms with E-state index in [1.54, 1.807) is 0 Å². The average Bonchev–Trinajstić information content (AvgIpc) is 2.03. The Kier molecular flexibility index (Phi) is 2.91. The topological polar surface area (TPSA) is 0 Å². The zero-order chi connectivity index (χ0) is 9.14. The van der Waals surface area contributed by atoms with Crippen molar-refractivity contribution >= 4 is 0 Å². The van der Waals surface area contributed by atoms with Crippen LogP contribution in [0.3, 0.4) is 0 Å². The van der Waals surface area contributed by atoms with Crippen LogP contribution < -0.4 is 0 Å². The van der Waals surface area contributed by atoms with E-state index in [9.17, 15) is 0 Å². The van der Waals surface area contributed by atoms with Crippen LogP contribution in [0.2, 0.25) is 0 Å². The summed E-state index contributed by atoms with van der Waals surface area (Å²) in [5.41, 5.74) is 4.36. The van der Waals surface area contributed by atoms with Gasteiger partial charge >= 0.3 is 0 Å². The van der Waals surface area contributed by atoms with Gasteiger partial charge in [0.1, 0.15) is 0 Å². The van der Waals surface area contributed by atoms with E-state index in [1.807, 2.05) is 0 Å². The van der Waals surface area contributed by atoms with E-state index in [4.69, 9.17) is 0 Å². The summed E-state index contributed by atoms with van der Waals surface area (Å²) < 4.78 is 0.